The van der Waals surface area contributed by atoms with Crippen molar-refractivity contribution in [3.63, 3.8) is 0 Å². The van der Waals surface area contributed by atoms with Crippen LogP contribution in [0.15, 0.2) is 24.3 Å². The second-order valence-corrected chi connectivity index (χ2v) is 6.14. The Bertz CT molecular complexity index is 411. The lowest BCUT2D eigenvalue weighted by Gasteiger charge is -2.37. The summed E-state index contributed by atoms with van der Waals surface area (Å²) in [7, 11) is 2.11. The number of rotatable bonds is 4. The first kappa shape index (κ1) is 15.5. The normalized spacial score (nSPS) is 20.6. The first-order valence-corrected chi connectivity index (χ1v) is 7.83. The fourth-order valence-corrected chi connectivity index (χ4v) is 3.48. The number of halogens is 1. The van der Waals surface area contributed by atoms with Crippen LogP contribution in [0.2, 0.25) is 0 Å². The van der Waals surface area contributed by atoms with Crippen LogP contribution in [0.3, 0.4) is 0 Å². The Kier molecular flexibility index (Phi) is 5.55. The van der Waals surface area contributed by atoms with Crippen molar-refractivity contribution in [1.82, 2.24) is 4.90 Å². The average molecular weight is 278 g/mol. The molecule has 0 spiro atoms. The molecule has 1 aliphatic rings. The number of nitrogens with zero attached hydrogens (tertiary/aromatic N) is 1. The lowest BCUT2D eigenvalue weighted by atomic mass is 9.95. The molecule has 2 N–H and O–H groups in total. The fraction of sp³-hybridized carbons (Fsp3) is 0.647. The maximum absolute atomic E-state index is 14.1. The van der Waals surface area contributed by atoms with Crippen molar-refractivity contribution in [3.8, 4) is 0 Å². The Balaban J connectivity index is 2.21. The molecule has 1 aromatic carbocycles. The van der Waals surface area contributed by atoms with E-state index in [1.807, 2.05) is 19.1 Å². The zero-order chi connectivity index (χ0) is 14.5. The van der Waals surface area contributed by atoms with E-state index in [2.05, 4.69) is 11.9 Å². The van der Waals surface area contributed by atoms with Gasteiger partial charge in [-0.15, -0.1) is 0 Å². The highest BCUT2D eigenvalue weighted by Crippen LogP contribution is 2.31. The molecule has 1 aliphatic carbocycles. The van der Waals surface area contributed by atoms with Crippen molar-refractivity contribution < 1.29 is 4.39 Å². The van der Waals surface area contributed by atoms with Gasteiger partial charge in [0.15, 0.2) is 0 Å². The van der Waals surface area contributed by atoms with E-state index in [1.165, 1.54) is 44.6 Å². The van der Waals surface area contributed by atoms with Gasteiger partial charge < -0.3 is 5.73 Å². The third-order valence-electron chi connectivity index (χ3n) is 4.56. The summed E-state index contributed by atoms with van der Waals surface area (Å²) in [6, 6.07) is 7.44. The van der Waals surface area contributed by atoms with Gasteiger partial charge in [0.05, 0.1) is 6.04 Å². The Morgan fingerprint density at radius 2 is 1.75 bits per heavy atom. The van der Waals surface area contributed by atoms with Gasteiger partial charge in [-0.25, -0.2) is 4.39 Å². The summed E-state index contributed by atoms with van der Waals surface area (Å²) in [5.41, 5.74) is 6.91. The SMILES string of the molecule is CC(N)C(c1ccccc1F)N(C)C1CCCCCC1. The lowest BCUT2D eigenvalue weighted by Crippen LogP contribution is -2.43. The van der Waals surface area contributed by atoms with Crippen LogP contribution in [0, 0.1) is 5.82 Å². The predicted octanol–water partition coefficient (Wildman–Crippen LogP) is 3.87. The third-order valence-corrected chi connectivity index (χ3v) is 4.56. The van der Waals surface area contributed by atoms with Gasteiger partial charge in [-0.3, -0.25) is 4.90 Å². The number of hydrogen-bond donors (Lipinski definition) is 1. The van der Waals surface area contributed by atoms with Gasteiger partial charge >= 0.3 is 0 Å². The molecule has 1 fully saturated rings. The monoisotopic (exact) mass is 278 g/mol. The standard InChI is InChI=1S/C17H27FN2/c1-13(19)17(15-11-7-8-12-16(15)18)20(2)14-9-5-3-4-6-10-14/h7-8,11-14,17H,3-6,9-10,19H2,1-2H3. The van der Waals surface area contributed by atoms with Crippen molar-refractivity contribution in [2.75, 3.05) is 7.05 Å². The van der Waals surface area contributed by atoms with Gasteiger partial charge in [0, 0.05) is 17.6 Å². The Morgan fingerprint density at radius 3 is 2.30 bits per heavy atom. The van der Waals surface area contributed by atoms with Crippen LogP contribution in [0.25, 0.3) is 0 Å². The molecular weight excluding hydrogens is 251 g/mol. The van der Waals surface area contributed by atoms with Crippen molar-refractivity contribution >= 4 is 0 Å². The van der Waals surface area contributed by atoms with E-state index in [4.69, 9.17) is 5.73 Å². The quantitative estimate of drug-likeness (QED) is 0.847. The van der Waals surface area contributed by atoms with Crippen LogP contribution in [0.4, 0.5) is 4.39 Å². The second-order valence-electron chi connectivity index (χ2n) is 6.14. The van der Waals surface area contributed by atoms with E-state index in [1.54, 1.807) is 6.07 Å². The van der Waals surface area contributed by atoms with Gasteiger partial charge in [-0.05, 0) is 32.9 Å². The van der Waals surface area contributed by atoms with Crippen LogP contribution in [0.1, 0.15) is 57.1 Å². The van der Waals surface area contributed by atoms with Gasteiger partial charge in [-0.2, -0.15) is 0 Å². The minimum atomic E-state index is -0.143. The molecule has 0 amide bonds. The number of nitrogens with two attached hydrogens (primary N) is 1. The Morgan fingerprint density at radius 1 is 1.15 bits per heavy atom. The smallest absolute Gasteiger partial charge is 0.128 e. The molecule has 1 saturated carbocycles. The summed E-state index contributed by atoms with van der Waals surface area (Å²) in [6.45, 7) is 1.98. The van der Waals surface area contributed by atoms with Crippen LogP contribution >= 0.6 is 0 Å². The summed E-state index contributed by atoms with van der Waals surface area (Å²) in [4.78, 5) is 2.31. The lowest BCUT2D eigenvalue weighted by molar-refractivity contribution is 0.138. The molecule has 2 atom stereocenters. The molecule has 0 radical (unpaired) electrons. The summed E-state index contributed by atoms with van der Waals surface area (Å²) in [6.07, 6.45) is 7.61. The molecular formula is C17H27FN2. The van der Waals surface area contributed by atoms with E-state index < -0.39 is 0 Å². The number of hydrogen-bond acceptors (Lipinski definition) is 2. The van der Waals surface area contributed by atoms with Crippen molar-refractivity contribution in [2.24, 2.45) is 5.73 Å². The highest BCUT2D eigenvalue weighted by Gasteiger charge is 2.29. The molecule has 0 bridgehead atoms. The largest absolute Gasteiger partial charge is 0.326 e. The highest BCUT2D eigenvalue weighted by atomic mass is 19.1. The van der Waals surface area contributed by atoms with Gasteiger partial charge in [0.25, 0.3) is 0 Å². The van der Waals surface area contributed by atoms with Crippen LogP contribution in [0.5, 0.6) is 0 Å². The summed E-state index contributed by atoms with van der Waals surface area (Å²) in [5.74, 6) is -0.143. The van der Waals surface area contributed by atoms with Crippen LogP contribution in [-0.4, -0.2) is 24.0 Å². The van der Waals surface area contributed by atoms with E-state index in [0.717, 1.165) is 5.56 Å². The Hall–Kier alpha value is -0.930. The molecule has 1 aromatic rings. The zero-order valence-corrected chi connectivity index (χ0v) is 12.7. The maximum Gasteiger partial charge on any atom is 0.128 e. The molecule has 20 heavy (non-hydrogen) atoms. The van der Waals surface area contributed by atoms with Crippen molar-refractivity contribution in [3.05, 3.63) is 35.6 Å². The third kappa shape index (κ3) is 3.58. The molecule has 0 saturated heterocycles. The molecule has 112 valence electrons. The van der Waals surface area contributed by atoms with E-state index >= 15 is 0 Å². The first-order chi connectivity index (χ1) is 9.61. The molecule has 0 heterocycles. The average Bonchev–Trinajstić information content (AvgIpc) is 2.69. The van der Waals surface area contributed by atoms with Crippen LogP contribution in [-0.2, 0) is 0 Å². The predicted molar refractivity (Wildman–Crippen MR) is 82.0 cm³/mol. The minimum absolute atomic E-state index is 0.0423. The first-order valence-electron chi connectivity index (χ1n) is 7.83. The summed E-state index contributed by atoms with van der Waals surface area (Å²) in [5, 5.41) is 0. The molecule has 3 heteroatoms. The summed E-state index contributed by atoms with van der Waals surface area (Å²) < 4.78 is 14.1. The zero-order valence-electron chi connectivity index (χ0n) is 12.7. The fourth-order valence-electron chi connectivity index (χ4n) is 3.48. The number of benzene rings is 1. The molecule has 0 aliphatic heterocycles. The number of likely N-dealkylation sites (N-methyl/N-ethyl adjacent to an activating group) is 1. The minimum Gasteiger partial charge on any atom is -0.326 e. The van der Waals surface area contributed by atoms with Crippen molar-refractivity contribution in [1.29, 1.82) is 0 Å². The van der Waals surface area contributed by atoms with E-state index in [-0.39, 0.29) is 17.9 Å². The molecule has 0 aromatic heterocycles. The topological polar surface area (TPSA) is 29.3 Å². The Labute approximate surface area is 122 Å². The van der Waals surface area contributed by atoms with E-state index in [9.17, 15) is 4.39 Å². The van der Waals surface area contributed by atoms with Crippen molar-refractivity contribution in [2.45, 2.75) is 63.6 Å². The highest BCUT2D eigenvalue weighted by molar-refractivity contribution is 5.23. The molecule has 2 unspecified atom stereocenters. The maximum atomic E-state index is 14.1. The van der Waals surface area contributed by atoms with Gasteiger partial charge in [-0.1, -0.05) is 43.9 Å². The van der Waals surface area contributed by atoms with Gasteiger partial charge in [0.2, 0.25) is 0 Å². The van der Waals surface area contributed by atoms with E-state index in [0.29, 0.717) is 6.04 Å². The second kappa shape index (κ2) is 7.19. The molecule has 2 rings (SSSR count). The van der Waals surface area contributed by atoms with Gasteiger partial charge in [0.1, 0.15) is 5.82 Å². The van der Waals surface area contributed by atoms with Crippen LogP contribution < -0.4 is 5.73 Å². The summed E-state index contributed by atoms with van der Waals surface area (Å²) >= 11 is 0. The molecule has 2 nitrogen and oxygen atoms in total.